The number of benzene rings is 2. The number of anilines is 1. The Labute approximate surface area is 99.4 Å². The maximum absolute atomic E-state index is 8.99. The van der Waals surface area contributed by atoms with Crippen molar-refractivity contribution >= 4 is 17.1 Å². The minimum absolute atomic E-state index is 0.00519. The number of hydrogen-bond acceptors (Lipinski definition) is 4. The second-order valence-electron chi connectivity index (χ2n) is 3.62. The molecule has 0 atom stereocenters. The van der Waals surface area contributed by atoms with Crippen molar-refractivity contribution in [1.29, 1.82) is 0 Å². The van der Waals surface area contributed by atoms with Crippen molar-refractivity contribution in [3.8, 4) is 0 Å². The molecular formula is C13H13N3O. The Morgan fingerprint density at radius 3 is 2.35 bits per heavy atom. The lowest BCUT2D eigenvalue weighted by Crippen LogP contribution is -1.81. The van der Waals surface area contributed by atoms with E-state index in [2.05, 4.69) is 10.2 Å². The molecule has 2 aromatic rings. The van der Waals surface area contributed by atoms with E-state index in [9.17, 15) is 0 Å². The van der Waals surface area contributed by atoms with Crippen LogP contribution in [0.5, 0.6) is 0 Å². The molecule has 0 aromatic heterocycles. The van der Waals surface area contributed by atoms with Gasteiger partial charge in [0.2, 0.25) is 0 Å². The molecule has 0 fully saturated rings. The zero-order valence-electron chi connectivity index (χ0n) is 9.24. The Hall–Kier alpha value is -2.20. The summed E-state index contributed by atoms with van der Waals surface area (Å²) in [5.74, 6) is 0. The fraction of sp³-hybridized carbons (Fsp3) is 0.0769. The summed E-state index contributed by atoms with van der Waals surface area (Å²) in [5.41, 5.74) is 8.55. The lowest BCUT2D eigenvalue weighted by atomic mass is 10.2. The summed E-state index contributed by atoms with van der Waals surface area (Å²) in [6.07, 6.45) is 0. The molecule has 17 heavy (non-hydrogen) atoms. The molecule has 0 amide bonds. The van der Waals surface area contributed by atoms with Crippen LogP contribution in [0.2, 0.25) is 0 Å². The first kappa shape index (κ1) is 11.3. The van der Waals surface area contributed by atoms with Gasteiger partial charge in [-0.05, 0) is 42.0 Å². The molecular weight excluding hydrogens is 214 g/mol. The highest BCUT2D eigenvalue weighted by atomic mass is 16.3. The van der Waals surface area contributed by atoms with Crippen molar-refractivity contribution < 1.29 is 5.11 Å². The summed E-state index contributed by atoms with van der Waals surface area (Å²) in [6, 6.07) is 14.5. The van der Waals surface area contributed by atoms with E-state index in [1.54, 1.807) is 30.3 Å². The van der Waals surface area contributed by atoms with Crippen molar-refractivity contribution in [2.75, 3.05) is 5.73 Å². The van der Waals surface area contributed by atoms with Gasteiger partial charge in [-0.25, -0.2) is 0 Å². The molecule has 2 rings (SSSR count). The Balaban J connectivity index is 2.16. The predicted molar refractivity (Wildman–Crippen MR) is 67.4 cm³/mol. The Morgan fingerprint density at radius 1 is 0.941 bits per heavy atom. The zero-order valence-corrected chi connectivity index (χ0v) is 9.24. The summed E-state index contributed by atoms with van der Waals surface area (Å²) in [5, 5.41) is 17.2. The van der Waals surface area contributed by atoms with Gasteiger partial charge in [-0.15, -0.1) is 0 Å². The topological polar surface area (TPSA) is 71.0 Å². The van der Waals surface area contributed by atoms with Crippen LogP contribution in [-0.2, 0) is 6.61 Å². The number of aliphatic hydroxyl groups excluding tert-OH is 1. The maximum atomic E-state index is 8.99. The van der Waals surface area contributed by atoms with Gasteiger partial charge in [0.15, 0.2) is 0 Å². The molecule has 0 aliphatic heterocycles. The third-order valence-corrected chi connectivity index (χ3v) is 2.27. The fourth-order valence-corrected chi connectivity index (χ4v) is 1.37. The molecule has 3 N–H and O–H groups in total. The molecule has 0 aliphatic carbocycles. The van der Waals surface area contributed by atoms with Crippen LogP contribution in [-0.4, -0.2) is 5.11 Å². The second-order valence-corrected chi connectivity index (χ2v) is 3.62. The average Bonchev–Trinajstić information content (AvgIpc) is 2.38. The van der Waals surface area contributed by atoms with Gasteiger partial charge < -0.3 is 10.8 Å². The third kappa shape index (κ3) is 3.12. The van der Waals surface area contributed by atoms with Crippen LogP contribution in [0.15, 0.2) is 58.8 Å². The number of nitrogen functional groups attached to an aromatic ring is 1. The molecule has 0 unspecified atom stereocenters. The molecule has 0 heterocycles. The summed E-state index contributed by atoms with van der Waals surface area (Å²) in [7, 11) is 0. The van der Waals surface area contributed by atoms with Crippen LogP contribution in [0.3, 0.4) is 0 Å². The Morgan fingerprint density at radius 2 is 1.65 bits per heavy atom. The molecule has 0 saturated heterocycles. The number of aliphatic hydroxyl groups is 1. The van der Waals surface area contributed by atoms with Crippen molar-refractivity contribution in [3.63, 3.8) is 0 Å². The van der Waals surface area contributed by atoms with Gasteiger partial charge in [0.1, 0.15) is 0 Å². The number of nitrogens with zero attached hydrogens (tertiary/aromatic N) is 2. The fourth-order valence-electron chi connectivity index (χ4n) is 1.37. The molecule has 0 radical (unpaired) electrons. The van der Waals surface area contributed by atoms with Crippen molar-refractivity contribution in [3.05, 3.63) is 54.1 Å². The monoisotopic (exact) mass is 227 g/mol. The largest absolute Gasteiger partial charge is 0.399 e. The zero-order chi connectivity index (χ0) is 12.1. The Kier molecular flexibility index (Phi) is 3.47. The van der Waals surface area contributed by atoms with Gasteiger partial charge in [0.25, 0.3) is 0 Å². The summed E-state index contributed by atoms with van der Waals surface area (Å²) < 4.78 is 0. The molecule has 0 aliphatic rings. The first-order valence-corrected chi connectivity index (χ1v) is 5.25. The highest BCUT2D eigenvalue weighted by Gasteiger charge is 1.93. The van der Waals surface area contributed by atoms with Gasteiger partial charge in [0, 0.05) is 5.69 Å². The van der Waals surface area contributed by atoms with E-state index in [0.29, 0.717) is 11.4 Å². The number of hydrogen-bond donors (Lipinski definition) is 2. The van der Waals surface area contributed by atoms with Gasteiger partial charge in [-0.2, -0.15) is 10.2 Å². The van der Waals surface area contributed by atoms with Crippen LogP contribution in [0, 0.1) is 0 Å². The van der Waals surface area contributed by atoms with Crippen molar-refractivity contribution in [1.82, 2.24) is 0 Å². The Bertz CT molecular complexity index is 520. The molecule has 4 heteroatoms. The van der Waals surface area contributed by atoms with E-state index in [1.807, 2.05) is 18.2 Å². The van der Waals surface area contributed by atoms with Gasteiger partial charge in [-0.1, -0.05) is 12.1 Å². The molecule has 4 nitrogen and oxygen atoms in total. The normalized spacial score (nSPS) is 10.9. The standard InChI is InChI=1S/C13H13N3O/c14-11-4-6-12(7-5-11)15-16-13-3-1-2-10(8-13)9-17/h1-8,17H,9,14H2. The molecule has 2 aromatic carbocycles. The van der Waals surface area contributed by atoms with Gasteiger partial charge >= 0.3 is 0 Å². The summed E-state index contributed by atoms with van der Waals surface area (Å²) in [4.78, 5) is 0. The van der Waals surface area contributed by atoms with E-state index in [1.165, 1.54) is 0 Å². The van der Waals surface area contributed by atoms with Gasteiger partial charge in [-0.3, -0.25) is 0 Å². The summed E-state index contributed by atoms with van der Waals surface area (Å²) >= 11 is 0. The second kappa shape index (κ2) is 5.23. The summed E-state index contributed by atoms with van der Waals surface area (Å²) in [6.45, 7) is 0.00519. The predicted octanol–water partition coefficient (Wildman–Crippen LogP) is 3.18. The first-order valence-electron chi connectivity index (χ1n) is 5.25. The molecule has 0 bridgehead atoms. The minimum Gasteiger partial charge on any atom is -0.399 e. The minimum atomic E-state index is 0.00519. The number of azo groups is 1. The SMILES string of the molecule is Nc1ccc(N=Nc2cccc(CO)c2)cc1. The third-order valence-electron chi connectivity index (χ3n) is 2.27. The smallest absolute Gasteiger partial charge is 0.0860 e. The highest BCUT2D eigenvalue weighted by molar-refractivity contribution is 5.48. The van der Waals surface area contributed by atoms with Crippen LogP contribution < -0.4 is 5.73 Å². The van der Waals surface area contributed by atoms with Crippen LogP contribution in [0.25, 0.3) is 0 Å². The van der Waals surface area contributed by atoms with E-state index >= 15 is 0 Å². The van der Waals surface area contributed by atoms with E-state index in [0.717, 1.165) is 11.3 Å². The molecule has 86 valence electrons. The lowest BCUT2D eigenvalue weighted by molar-refractivity contribution is 0.282. The molecule has 0 spiro atoms. The number of nitrogens with two attached hydrogens (primary N) is 1. The van der Waals surface area contributed by atoms with Crippen molar-refractivity contribution in [2.24, 2.45) is 10.2 Å². The van der Waals surface area contributed by atoms with Crippen LogP contribution in [0.1, 0.15) is 5.56 Å². The van der Waals surface area contributed by atoms with E-state index in [4.69, 9.17) is 10.8 Å². The van der Waals surface area contributed by atoms with Crippen LogP contribution in [0.4, 0.5) is 17.1 Å². The first-order chi connectivity index (χ1) is 8.28. The quantitative estimate of drug-likeness (QED) is 0.624. The lowest BCUT2D eigenvalue weighted by Gasteiger charge is -1.97. The van der Waals surface area contributed by atoms with Gasteiger partial charge in [0.05, 0.1) is 18.0 Å². The maximum Gasteiger partial charge on any atom is 0.0860 e. The molecule has 0 saturated carbocycles. The van der Waals surface area contributed by atoms with Crippen LogP contribution >= 0.6 is 0 Å². The number of rotatable bonds is 3. The van der Waals surface area contributed by atoms with E-state index in [-0.39, 0.29) is 6.61 Å². The van der Waals surface area contributed by atoms with E-state index < -0.39 is 0 Å². The highest BCUT2D eigenvalue weighted by Crippen LogP contribution is 2.20. The average molecular weight is 227 g/mol. The van der Waals surface area contributed by atoms with Crippen molar-refractivity contribution in [2.45, 2.75) is 6.61 Å².